The molecule has 6 heteroatoms. The van der Waals surface area contributed by atoms with Gasteiger partial charge in [-0.25, -0.2) is 0 Å². The number of benzene rings is 3. The van der Waals surface area contributed by atoms with Crippen LogP contribution in [0.1, 0.15) is 11.1 Å². The van der Waals surface area contributed by atoms with E-state index in [-0.39, 0.29) is 5.69 Å². The monoisotopic (exact) mass is 333 g/mol. The van der Waals surface area contributed by atoms with Crippen LogP contribution in [0.3, 0.4) is 0 Å². The van der Waals surface area contributed by atoms with E-state index in [0.29, 0.717) is 17.8 Å². The van der Waals surface area contributed by atoms with Crippen LogP contribution in [0.15, 0.2) is 54.6 Å². The molecule has 0 unspecified atom stereocenters. The Morgan fingerprint density at radius 3 is 2.60 bits per heavy atom. The summed E-state index contributed by atoms with van der Waals surface area (Å²) >= 11 is 0. The Bertz CT molecular complexity index is 993. The number of anilines is 1. The molecule has 0 amide bonds. The van der Waals surface area contributed by atoms with E-state index < -0.39 is 4.92 Å². The first-order valence-electron chi connectivity index (χ1n) is 7.60. The first-order valence-corrected chi connectivity index (χ1v) is 7.60. The number of rotatable bonds is 5. The van der Waals surface area contributed by atoms with Gasteiger partial charge in [0.1, 0.15) is 11.4 Å². The first kappa shape index (κ1) is 16.3. The highest BCUT2D eigenvalue weighted by atomic mass is 16.6. The zero-order chi connectivity index (χ0) is 17.8. The van der Waals surface area contributed by atoms with Crippen molar-refractivity contribution in [2.75, 3.05) is 12.4 Å². The maximum atomic E-state index is 11.1. The molecule has 0 aliphatic heterocycles. The van der Waals surface area contributed by atoms with Gasteiger partial charge in [-0.2, -0.15) is 5.26 Å². The van der Waals surface area contributed by atoms with Gasteiger partial charge in [0.2, 0.25) is 0 Å². The number of fused-ring (bicyclic) bond motifs is 1. The number of nitro benzene ring substituents is 1. The molecular formula is C19H15N3O3. The fourth-order valence-corrected chi connectivity index (χ4v) is 2.61. The molecule has 3 rings (SSSR count). The molecule has 0 aliphatic carbocycles. The number of nitrogens with zero attached hydrogens (tertiary/aromatic N) is 2. The summed E-state index contributed by atoms with van der Waals surface area (Å²) in [5, 5.41) is 25.3. The normalized spacial score (nSPS) is 10.2. The van der Waals surface area contributed by atoms with Crippen LogP contribution in [0, 0.1) is 21.4 Å². The van der Waals surface area contributed by atoms with E-state index in [2.05, 4.69) is 5.32 Å². The predicted octanol–water partition coefficient (Wildman–Crippen LogP) is 4.24. The quantitative estimate of drug-likeness (QED) is 0.557. The predicted molar refractivity (Wildman–Crippen MR) is 95.6 cm³/mol. The average molecular weight is 333 g/mol. The van der Waals surface area contributed by atoms with Gasteiger partial charge in [0.05, 0.1) is 23.7 Å². The number of ether oxygens (including phenoxy) is 1. The van der Waals surface area contributed by atoms with Gasteiger partial charge in [-0.15, -0.1) is 0 Å². The van der Waals surface area contributed by atoms with Crippen molar-refractivity contribution in [1.82, 2.24) is 0 Å². The van der Waals surface area contributed by atoms with Crippen LogP contribution < -0.4 is 10.1 Å². The van der Waals surface area contributed by atoms with Gasteiger partial charge in [0.25, 0.3) is 5.69 Å². The highest BCUT2D eigenvalue weighted by molar-refractivity contribution is 5.84. The van der Waals surface area contributed by atoms with Gasteiger partial charge >= 0.3 is 0 Å². The summed E-state index contributed by atoms with van der Waals surface area (Å²) < 4.78 is 5.21. The minimum Gasteiger partial charge on any atom is -0.497 e. The Morgan fingerprint density at radius 1 is 1.12 bits per heavy atom. The van der Waals surface area contributed by atoms with Gasteiger partial charge in [-0.3, -0.25) is 10.1 Å². The molecule has 6 nitrogen and oxygen atoms in total. The fraction of sp³-hybridized carbons (Fsp3) is 0.105. The van der Waals surface area contributed by atoms with Crippen molar-refractivity contribution in [1.29, 1.82) is 5.26 Å². The minimum absolute atomic E-state index is 0.0514. The summed E-state index contributed by atoms with van der Waals surface area (Å²) in [4.78, 5) is 10.7. The second-order valence-electron chi connectivity index (χ2n) is 5.50. The van der Waals surface area contributed by atoms with Crippen molar-refractivity contribution in [2.24, 2.45) is 0 Å². The third-order valence-electron chi connectivity index (χ3n) is 3.92. The molecular weight excluding hydrogens is 318 g/mol. The van der Waals surface area contributed by atoms with E-state index in [4.69, 9.17) is 10.00 Å². The van der Waals surface area contributed by atoms with E-state index in [1.807, 2.05) is 42.5 Å². The molecule has 0 saturated carbocycles. The van der Waals surface area contributed by atoms with Crippen molar-refractivity contribution in [3.8, 4) is 11.8 Å². The second kappa shape index (κ2) is 6.89. The molecule has 0 aromatic heterocycles. The molecule has 0 saturated heterocycles. The smallest absolute Gasteiger partial charge is 0.292 e. The standard InChI is InChI=1S/C19H15N3O3/c1-25-17-6-5-15-8-14(2-4-16(15)10-17)12-21-18-9-13(11-20)3-7-19(18)22(23)24/h2-10,21H,12H2,1H3. The Kier molecular flexibility index (Phi) is 4.48. The molecule has 0 bridgehead atoms. The summed E-state index contributed by atoms with van der Waals surface area (Å²) in [6.07, 6.45) is 0. The number of nitriles is 1. The second-order valence-corrected chi connectivity index (χ2v) is 5.50. The number of methoxy groups -OCH3 is 1. The van der Waals surface area contributed by atoms with E-state index in [1.54, 1.807) is 7.11 Å². The van der Waals surface area contributed by atoms with Gasteiger partial charge in [-0.1, -0.05) is 18.2 Å². The summed E-state index contributed by atoms with van der Waals surface area (Å²) in [6.45, 7) is 0.414. The van der Waals surface area contributed by atoms with Crippen LogP contribution in [-0.2, 0) is 6.54 Å². The summed E-state index contributed by atoms with van der Waals surface area (Å²) in [5.41, 5.74) is 1.64. The van der Waals surface area contributed by atoms with Crippen molar-refractivity contribution < 1.29 is 9.66 Å². The molecule has 0 fully saturated rings. The van der Waals surface area contributed by atoms with Crippen molar-refractivity contribution >= 4 is 22.1 Å². The lowest BCUT2D eigenvalue weighted by molar-refractivity contribution is -0.384. The van der Waals surface area contributed by atoms with E-state index in [1.165, 1.54) is 18.2 Å². The molecule has 1 N–H and O–H groups in total. The first-order chi connectivity index (χ1) is 12.1. The highest BCUT2D eigenvalue weighted by Gasteiger charge is 2.14. The summed E-state index contributed by atoms with van der Waals surface area (Å²) in [5.74, 6) is 0.794. The lowest BCUT2D eigenvalue weighted by Crippen LogP contribution is -2.03. The lowest BCUT2D eigenvalue weighted by atomic mass is 10.1. The molecule has 0 heterocycles. The van der Waals surface area contributed by atoms with E-state index >= 15 is 0 Å². The Morgan fingerprint density at radius 2 is 1.88 bits per heavy atom. The van der Waals surface area contributed by atoms with Crippen molar-refractivity contribution in [3.05, 3.63) is 75.8 Å². The Labute approximate surface area is 144 Å². The highest BCUT2D eigenvalue weighted by Crippen LogP contribution is 2.27. The molecule has 124 valence electrons. The largest absolute Gasteiger partial charge is 0.497 e. The van der Waals surface area contributed by atoms with Gasteiger partial charge in [-0.05, 0) is 46.7 Å². The van der Waals surface area contributed by atoms with Crippen LogP contribution in [0.4, 0.5) is 11.4 Å². The third kappa shape index (κ3) is 3.51. The topological polar surface area (TPSA) is 88.2 Å². The Hall–Kier alpha value is -3.59. The zero-order valence-corrected chi connectivity index (χ0v) is 13.5. The summed E-state index contributed by atoms with van der Waals surface area (Å²) in [6, 6.07) is 18.0. The van der Waals surface area contributed by atoms with E-state index in [0.717, 1.165) is 22.1 Å². The van der Waals surface area contributed by atoms with Crippen LogP contribution in [0.5, 0.6) is 5.75 Å². The van der Waals surface area contributed by atoms with Gasteiger partial charge in [0, 0.05) is 12.6 Å². The molecule has 0 atom stereocenters. The molecule has 0 aliphatic rings. The van der Waals surface area contributed by atoms with Crippen LogP contribution in [-0.4, -0.2) is 12.0 Å². The Balaban J connectivity index is 1.85. The molecule has 3 aromatic carbocycles. The summed E-state index contributed by atoms with van der Waals surface area (Å²) in [7, 11) is 1.63. The van der Waals surface area contributed by atoms with Gasteiger partial charge < -0.3 is 10.1 Å². The maximum absolute atomic E-state index is 11.1. The van der Waals surface area contributed by atoms with Gasteiger partial charge in [0.15, 0.2) is 0 Å². The number of hydrogen-bond donors (Lipinski definition) is 1. The number of hydrogen-bond acceptors (Lipinski definition) is 5. The van der Waals surface area contributed by atoms with Crippen molar-refractivity contribution in [2.45, 2.75) is 6.54 Å². The molecule has 0 spiro atoms. The average Bonchev–Trinajstić information content (AvgIpc) is 2.65. The maximum Gasteiger partial charge on any atom is 0.292 e. The third-order valence-corrected chi connectivity index (χ3v) is 3.92. The number of nitrogens with one attached hydrogen (secondary N) is 1. The fourth-order valence-electron chi connectivity index (χ4n) is 2.61. The minimum atomic E-state index is -0.462. The SMILES string of the molecule is COc1ccc2cc(CNc3cc(C#N)ccc3[N+](=O)[O-])ccc2c1. The molecule has 3 aromatic rings. The van der Waals surface area contributed by atoms with Crippen LogP contribution in [0.2, 0.25) is 0 Å². The van der Waals surface area contributed by atoms with Crippen molar-refractivity contribution in [3.63, 3.8) is 0 Å². The lowest BCUT2D eigenvalue weighted by Gasteiger charge is -2.09. The zero-order valence-electron chi connectivity index (χ0n) is 13.5. The van der Waals surface area contributed by atoms with Crippen LogP contribution >= 0.6 is 0 Å². The molecule has 0 radical (unpaired) electrons. The van der Waals surface area contributed by atoms with E-state index in [9.17, 15) is 10.1 Å². The number of nitro groups is 1. The molecule has 25 heavy (non-hydrogen) atoms. The van der Waals surface area contributed by atoms with Crippen LogP contribution in [0.25, 0.3) is 10.8 Å².